The van der Waals surface area contributed by atoms with E-state index in [0.29, 0.717) is 5.92 Å². The Morgan fingerprint density at radius 3 is 2.52 bits per heavy atom. The maximum Gasteiger partial charge on any atom is 0.257 e. The summed E-state index contributed by atoms with van der Waals surface area (Å²) in [5.74, 6) is 0.911. The third-order valence-electron chi connectivity index (χ3n) is 5.31. The minimum Gasteiger partial charge on any atom is -0.339 e. The zero-order valence-electron chi connectivity index (χ0n) is 15.5. The van der Waals surface area contributed by atoms with E-state index < -0.39 is 0 Å². The molecule has 1 aliphatic carbocycles. The van der Waals surface area contributed by atoms with Crippen molar-refractivity contribution in [1.29, 1.82) is 0 Å². The van der Waals surface area contributed by atoms with Crippen molar-refractivity contribution in [2.24, 2.45) is 0 Å². The fraction of sp³-hybridized carbons (Fsp3) is 0.524. The predicted molar refractivity (Wildman–Crippen MR) is 99.5 cm³/mol. The van der Waals surface area contributed by atoms with Crippen LogP contribution >= 0.6 is 0 Å². The molecule has 1 saturated carbocycles. The fourth-order valence-electron chi connectivity index (χ4n) is 3.88. The molecule has 4 nitrogen and oxygen atoms in total. The summed E-state index contributed by atoms with van der Waals surface area (Å²) in [6, 6.07) is 8.40. The third-order valence-corrected chi connectivity index (χ3v) is 5.31. The van der Waals surface area contributed by atoms with E-state index in [0.717, 1.165) is 61.4 Å². The maximum atomic E-state index is 13.3. The van der Waals surface area contributed by atoms with Crippen LogP contribution in [0.5, 0.6) is 0 Å². The van der Waals surface area contributed by atoms with E-state index in [9.17, 15) is 4.79 Å². The highest BCUT2D eigenvalue weighted by atomic mass is 16.2. The van der Waals surface area contributed by atoms with Gasteiger partial charge in [0, 0.05) is 19.0 Å². The second kappa shape index (κ2) is 6.32. The average molecular weight is 337 g/mol. The summed E-state index contributed by atoms with van der Waals surface area (Å²) in [5.41, 5.74) is 5.27. The van der Waals surface area contributed by atoms with Crippen LogP contribution in [0.3, 0.4) is 0 Å². The first-order chi connectivity index (χ1) is 12.1. The molecule has 25 heavy (non-hydrogen) atoms. The van der Waals surface area contributed by atoms with Gasteiger partial charge < -0.3 is 4.90 Å². The summed E-state index contributed by atoms with van der Waals surface area (Å²) >= 11 is 0. The van der Waals surface area contributed by atoms with Crippen LogP contribution in [0.2, 0.25) is 0 Å². The van der Waals surface area contributed by atoms with E-state index in [4.69, 9.17) is 5.10 Å². The zero-order valence-corrected chi connectivity index (χ0v) is 15.5. The van der Waals surface area contributed by atoms with E-state index in [2.05, 4.69) is 45.0 Å². The van der Waals surface area contributed by atoms with Crippen molar-refractivity contribution in [1.82, 2.24) is 14.7 Å². The molecule has 4 rings (SSSR count). The van der Waals surface area contributed by atoms with Crippen molar-refractivity contribution in [3.8, 4) is 5.69 Å². The van der Waals surface area contributed by atoms with Crippen molar-refractivity contribution in [2.45, 2.75) is 58.3 Å². The first-order valence-corrected chi connectivity index (χ1v) is 9.55. The lowest BCUT2D eigenvalue weighted by Gasteiger charge is -2.18. The summed E-state index contributed by atoms with van der Waals surface area (Å²) < 4.78 is 2.04. The number of aromatic nitrogens is 2. The van der Waals surface area contributed by atoms with E-state index >= 15 is 0 Å². The van der Waals surface area contributed by atoms with Gasteiger partial charge in [0.25, 0.3) is 5.91 Å². The number of aryl methyl sites for hydroxylation is 1. The zero-order chi connectivity index (χ0) is 17.6. The molecule has 0 N–H and O–H groups in total. The summed E-state index contributed by atoms with van der Waals surface area (Å²) in [6.45, 7) is 8.20. The van der Waals surface area contributed by atoms with Crippen molar-refractivity contribution >= 4 is 5.91 Å². The summed E-state index contributed by atoms with van der Waals surface area (Å²) in [6.07, 6.45) is 4.55. The Kier molecular flexibility index (Phi) is 4.14. The highest BCUT2D eigenvalue weighted by Gasteiger charge is 2.37. The molecule has 1 aliphatic heterocycles. The third kappa shape index (κ3) is 2.99. The normalized spacial score (nSPS) is 17.5. The van der Waals surface area contributed by atoms with Gasteiger partial charge in [-0.3, -0.25) is 4.79 Å². The molecule has 2 fully saturated rings. The van der Waals surface area contributed by atoms with Crippen LogP contribution in [0.1, 0.15) is 78.7 Å². The van der Waals surface area contributed by atoms with Crippen LogP contribution in [0.4, 0.5) is 0 Å². The number of rotatable bonds is 4. The van der Waals surface area contributed by atoms with E-state index in [1.807, 2.05) is 9.58 Å². The molecule has 0 bridgehead atoms. The first kappa shape index (κ1) is 16.4. The average Bonchev–Trinajstić information content (AvgIpc) is 3.13. The number of likely N-dealkylation sites (tertiary alicyclic amines) is 1. The molecule has 4 heteroatoms. The van der Waals surface area contributed by atoms with Gasteiger partial charge in [0.15, 0.2) is 0 Å². The van der Waals surface area contributed by atoms with Gasteiger partial charge in [-0.15, -0.1) is 0 Å². The van der Waals surface area contributed by atoms with Gasteiger partial charge in [-0.1, -0.05) is 26.0 Å². The molecule has 132 valence electrons. The van der Waals surface area contributed by atoms with Crippen LogP contribution < -0.4 is 0 Å². The van der Waals surface area contributed by atoms with Crippen LogP contribution in [-0.2, 0) is 0 Å². The summed E-state index contributed by atoms with van der Waals surface area (Å²) in [4.78, 5) is 15.3. The second-order valence-corrected chi connectivity index (χ2v) is 7.82. The minimum atomic E-state index is 0.196. The van der Waals surface area contributed by atoms with Crippen LogP contribution in [0, 0.1) is 6.92 Å². The van der Waals surface area contributed by atoms with Gasteiger partial charge in [-0.2, -0.15) is 5.10 Å². The van der Waals surface area contributed by atoms with E-state index in [1.54, 1.807) is 0 Å². The number of hydrogen-bond acceptors (Lipinski definition) is 2. The quantitative estimate of drug-likeness (QED) is 0.828. The molecular formula is C21H27N3O. The number of benzene rings is 1. The number of nitrogens with zero attached hydrogens (tertiary/aromatic N) is 3. The highest BCUT2D eigenvalue weighted by molar-refractivity contribution is 5.97. The Morgan fingerprint density at radius 2 is 1.92 bits per heavy atom. The van der Waals surface area contributed by atoms with Crippen molar-refractivity contribution in [2.75, 3.05) is 13.1 Å². The van der Waals surface area contributed by atoms with Gasteiger partial charge in [0.05, 0.1) is 22.6 Å². The molecule has 1 amide bonds. The Hall–Kier alpha value is -2.10. The number of carbonyl (C=O) groups is 1. The van der Waals surface area contributed by atoms with Gasteiger partial charge in [0.1, 0.15) is 0 Å². The minimum absolute atomic E-state index is 0.196. The standard InChI is InChI=1S/C21H27N3O/c1-14(2)20-18(21(25)23-11-4-5-12-23)19(16-9-10-16)22-24(20)17-8-6-7-15(3)13-17/h6-8,13-14,16H,4-5,9-12H2,1-3H3. The SMILES string of the molecule is Cc1cccc(-n2nc(C3CC3)c(C(=O)N3CCCC3)c2C(C)C)c1. The van der Waals surface area contributed by atoms with Gasteiger partial charge in [0.2, 0.25) is 0 Å². The lowest BCUT2D eigenvalue weighted by atomic mass is 10.0. The molecular weight excluding hydrogens is 310 g/mol. The second-order valence-electron chi connectivity index (χ2n) is 7.82. The lowest BCUT2D eigenvalue weighted by Crippen LogP contribution is -2.29. The summed E-state index contributed by atoms with van der Waals surface area (Å²) in [5, 5.41) is 4.97. The Morgan fingerprint density at radius 1 is 1.20 bits per heavy atom. The topological polar surface area (TPSA) is 38.1 Å². The highest BCUT2D eigenvalue weighted by Crippen LogP contribution is 2.43. The smallest absolute Gasteiger partial charge is 0.257 e. The maximum absolute atomic E-state index is 13.3. The van der Waals surface area contributed by atoms with Gasteiger partial charge in [-0.25, -0.2) is 4.68 Å². The predicted octanol–water partition coefficient (Wildman–Crippen LogP) is 4.42. The van der Waals surface area contributed by atoms with Crippen LogP contribution in [0.15, 0.2) is 24.3 Å². The van der Waals surface area contributed by atoms with Gasteiger partial charge >= 0.3 is 0 Å². The number of hydrogen-bond donors (Lipinski definition) is 0. The van der Waals surface area contributed by atoms with E-state index in [-0.39, 0.29) is 11.8 Å². The van der Waals surface area contributed by atoms with Crippen molar-refractivity contribution in [3.05, 3.63) is 46.8 Å². The molecule has 0 radical (unpaired) electrons. The number of carbonyl (C=O) groups excluding carboxylic acids is 1. The molecule has 2 aliphatic rings. The molecule has 1 aromatic heterocycles. The largest absolute Gasteiger partial charge is 0.339 e. The van der Waals surface area contributed by atoms with E-state index in [1.165, 1.54) is 5.56 Å². The van der Waals surface area contributed by atoms with Crippen LogP contribution in [0.25, 0.3) is 5.69 Å². The fourth-order valence-corrected chi connectivity index (χ4v) is 3.88. The summed E-state index contributed by atoms with van der Waals surface area (Å²) in [7, 11) is 0. The lowest BCUT2D eigenvalue weighted by molar-refractivity contribution is 0.0790. The van der Waals surface area contributed by atoms with Crippen molar-refractivity contribution in [3.63, 3.8) is 0 Å². The molecule has 0 atom stereocenters. The molecule has 1 aromatic carbocycles. The van der Waals surface area contributed by atoms with Gasteiger partial charge in [-0.05, 0) is 56.2 Å². The van der Waals surface area contributed by atoms with Crippen LogP contribution in [-0.4, -0.2) is 33.7 Å². The Balaban J connectivity index is 1.87. The number of amides is 1. The Labute approximate surface area is 149 Å². The first-order valence-electron chi connectivity index (χ1n) is 9.55. The molecule has 0 unspecified atom stereocenters. The molecule has 0 spiro atoms. The molecule has 1 saturated heterocycles. The monoisotopic (exact) mass is 337 g/mol. The Bertz CT molecular complexity index is 795. The molecule has 2 aromatic rings. The van der Waals surface area contributed by atoms with Crippen molar-refractivity contribution < 1.29 is 4.79 Å². The molecule has 2 heterocycles.